The standard InChI is InChI=1S/C25H34N4O6/c1-25(2,3)20(27-24(34)35-17-9-5-6-10-17)21(30)29-14-16(12-19(29)22(31)32)28-13-15-8-4-7-11-18(15)26-23(28)33/h4,7-8,11,16-17,19-20H,5-6,9-10,12-14H2,1-3H3,(H,26,33)(H,27,34)(H,31,32)/t16-,19+,20-/m1/s1. The molecule has 4 amide bonds. The van der Waals surface area contributed by atoms with Gasteiger partial charge in [-0.05, 0) is 42.7 Å². The Kier molecular flexibility index (Phi) is 6.91. The maximum Gasteiger partial charge on any atom is 0.408 e. The van der Waals surface area contributed by atoms with Crippen molar-refractivity contribution in [3.8, 4) is 0 Å². The highest BCUT2D eigenvalue weighted by atomic mass is 16.6. The number of alkyl carbamates (subject to hydrolysis) is 1. The molecule has 2 heterocycles. The van der Waals surface area contributed by atoms with Crippen LogP contribution in [0.15, 0.2) is 24.3 Å². The number of benzene rings is 1. The van der Waals surface area contributed by atoms with Crippen LogP contribution in [0.4, 0.5) is 15.3 Å². The number of rotatable bonds is 5. The second kappa shape index (κ2) is 9.75. The maximum atomic E-state index is 13.7. The third-order valence-corrected chi connectivity index (χ3v) is 7.10. The van der Waals surface area contributed by atoms with Gasteiger partial charge in [0.2, 0.25) is 5.91 Å². The Morgan fingerprint density at radius 1 is 1.17 bits per heavy atom. The number of nitrogens with one attached hydrogen (secondary N) is 2. The molecule has 35 heavy (non-hydrogen) atoms. The fourth-order valence-corrected chi connectivity index (χ4v) is 5.16. The van der Waals surface area contributed by atoms with Crippen molar-refractivity contribution in [2.24, 2.45) is 5.41 Å². The highest BCUT2D eigenvalue weighted by Gasteiger charge is 2.47. The van der Waals surface area contributed by atoms with E-state index < -0.39 is 41.5 Å². The highest BCUT2D eigenvalue weighted by Crippen LogP contribution is 2.32. The average Bonchev–Trinajstić information content (AvgIpc) is 3.46. The first-order valence-corrected chi connectivity index (χ1v) is 12.2. The van der Waals surface area contributed by atoms with E-state index in [2.05, 4.69) is 10.6 Å². The summed E-state index contributed by atoms with van der Waals surface area (Å²) in [6.07, 6.45) is 2.90. The number of hydrogen-bond donors (Lipinski definition) is 3. The monoisotopic (exact) mass is 486 g/mol. The highest BCUT2D eigenvalue weighted by molar-refractivity contribution is 5.93. The Morgan fingerprint density at radius 2 is 1.86 bits per heavy atom. The summed E-state index contributed by atoms with van der Waals surface area (Å²) < 4.78 is 5.49. The van der Waals surface area contributed by atoms with Crippen LogP contribution in [0.1, 0.15) is 58.4 Å². The summed E-state index contributed by atoms with van der Waals surface area (Å²) in [4.78, 5) is 54.0. The number of fused-ring (bicyclic) bond motifs is 1. The predicted octanol–water partition coefficient (Wildman–Crippen LogP) is 3.17. The largest absolute Gasteiger partial charge is 0.480 e. The predicted molar refractivity (Wildman–Crippen MR) is 128 cm³/mol. The number of ether oxygens (including phenoxy) is 1. The molecule has 190 valence electrons. The number of aliphatic carboxylic acids is 1. The minimum atomic E-state index is -1.14. The maximum absolute atomic E-state index is 13.7. The average molecular weight is 487 g/mol. The number of likely N-dealkylation sites (tertiary alicyclic amines) is 1. The van der Waals surface area contributed by atoms with Gasteiger partial charge in [-0.1, -0.05) is 39.0 Å². The van der Waals surface area contributed by atoms with Crippen LogP contribution in [0.5, 0.6) is 0 Å². The zero-order valence-corrected chi connectivity index (χ0v) is 20.5. The smallest absolute Gasteiger partial charge is 0.408 e. The SMILES string of the molecule is CC(C)(C)[C@H](NC(=O)OC1CCCC1)C(=O)N1C[C@H](N2Cc3ccccc3NC2=O)C[C@H]1C(=O)O. The zero-order valence-electron chi connectivity index (χ0n) is 20.5. The van der Waals surface area contributed by atoms with Crippen LogP contribution < -0.4 is 10.6 Å². The molecule has 0 unspecified atom stereocenters. The molecule has 3 atom stereocenters. The molecule has 0 spiro atoms. The minimum Gasteiger partial charge on any atom is -0.480 e. The molecule has 0 bridgehead atoms. The topological polar surface area (TPSA) is 128 Å². The quantitative estimate of drug-likeness (QED) is 0.586. The summed E-state index contributed by atoms with van der Waals surface area (Å²) in [6, 6.07) is 4.56. The lowest BCUT2D eigenvalue weighted by Crippen LogP contribution is -2.57. The molecule has 1 aromatic carbocycles. The van der Waals surface area contributed by atoms with E-state index in [0.29, 0.717) is 6.54 Å². The lowest BCUT2D eigenvalue weighted by Gasteiger charge is -2.36. The fourth-order valence-electron chi connectivity index (χ4n) is 5.16. The van der Waals surface area contributed by atoms with E-state index in [9.17, 15) is 24.3 Å². The van der Waals surface area contributed by atoms with Crippen molar-refractivity contribution in [2.45, 2.75) is 83.6 Å². The third kappa shape index (κ3) is 5.36. The van der Waals surface area contributed by atoms with E-state index in [1.54, 1.807) is 4.90 Å². The molecule has 10 nitrogen and oxygen atoms in total. The Bertz CT molecular complexity index is 1000. The number of amides is 4. The van der Waals surface area contributed by atoms with Gasteiger partial charge in [0.05, 0.1) is 6.04 Å². The number of carbonyl (C=O) groups is 4. The number of nitrogens with zero attached hydrogens (tertiary/aromatic N) is 2. The number of carbonyl (C=O) groups excluding carboxylic acids is 3. The van der Waals surface area contributed by atoms with Gasteiger partial charge in [0.25, 0.3) is 0 Å². The van der Waals surface area contributed by atoms with Crippen molar-refractivity contribution in [3.05, 3.63) is 29.8 Å². The Labute approximate surface area is 205 Å². The molecule has 0 aromatic heterocycles. The summed E-state index contributed by atoms with van der Waals surface area (Å²) in [6.45, 7) is 5.82. The van der Waals surface area contributed by atoms with Gasteiger partial charge >= 0.3 is 18.1 Å². The van der Waals surface area contributed by atoms with Crippen molar-refractivity contribution in [1.29, 1.82) is 0 Å². The second-order valence-corrected chi connectivity index (χ2v) is 10.7. The van der Waals surface area contributed by atoms with Gasteiger partial charge in [-0.3, -0.25) is 4.79 Å². The third-order valence-electron chi connectivity index (χ3n) is 7.10. The number of carboxylic acids is 1. The molecule has 2 aliphatic heterocycles. The number of carboxylic acid groups (broad SMARTS) is 1. The van der Waals surface area contributed by atoms with Gasteiger partial charge in [0.15, 0.2) is 0 Å². The Morgan fingerprint density at radius 3 is 2.51 bits per heavy atom. The lowest BCUT2D eigenvalue weighted by molar-refractivity contribution is -0.150. The first-order chi connectivity index (χ1) is 16.5. The first kappa shape index (κ1) is 24.8. The molecule has 3 aliphatic rings. The number of anilines is 1. The molecule has 1 aliphatic carbocycles. The van der Waals surface area contributed by atoms with Crippen molar-refractivity contribution in [1.82, 2.24) is 15.1 Å². The van der Waals surface area contributed by atoms with Crippen LogP contribution in [0, 0.1) is 5.41 Å². The van der Waals surface area contributed by atoms with Crippen LogP contribution in [-0.2, 0) is 20.9 Å². The molecule has 10 heteroatoms. The van der Waals surface area contributed by atoms with Crippen LogP contribution in [-0.4, -0.2) is 69.7 Å². The molecule has 2 fully saturated rings. The van der Waals surface area contributed by atoms with E-state index >= 15 is 0 Å². The molecular formula is C25H34N4O6. The summed E-state index contributed by atoms with van der Waals surface area (Å²) >= 11 is 0. The van der Waals surface area contributed by atoms with Crippen molar-refractivity contribution < 1.29 is 29.0 Å². The summed E-state index contributed by atoms with van der Waals surface area (Å²) in [5.74, 6) is -1.63. The zero-order chi connectivity index (χ0) is 25.3. The van der Waals surface area contributed by atoms with E-state index in [1.807, 2.05) is 45.0 Å². The van der Waals surface area contributed by atoms with Gasteiger partial charge in [-0.25, -0.2) is 14.4 Å². The molecule has 4 rings (SSSR count). The van der Waals surface area contributed by atoms with Gasteiger partial charge in [0, 0.05) is 25.2 Å². The molecule has 1 aromatic rings. The number of hydrogen-bond acceptors (Lipinski definition) is 5. The Balaban J connectivity index is 1.51. The van der Waals surface area contributed by atoms with Gasteiger partial charge in [0.1, 0.15) is 18.2 Å². The Hall–Kier alpha value is -3.30. The fraction of sp³-hybridized carbons (Fsp3) is 0.600. The molecular weight excluding hydrogens is 452 g/mol. The molecule has 0 radical (unpaired) electrons. The van der Waals surface area contributed by atoms with E-state index in [1.165, 1.54) is 4.90 Å². The van der Waals surface area contributed by atoms with Crippen LogP contribution in [0.3, 0.4) is 0 Å². The van der Waals surface area contributed by atoms with Crippen molar-refractivity contribution >= 4 is 29.7 Å². The number of para-hydroxylation sites is 1. The van der Waals surface area contributed by atoms with Gasteiger partial charge in [-0.15, -0.1) is 0 Å². The minimum absolute atomic E-state index is 0.0668. The lowest BCUT2D eigenvalue weighted by atomic mass is 9.85. The number of urea groups is 1. The summed E-state index contributed by atoms with van der Waals surface area (Å²) in [5, 5.41) is 15.4. The van der Waals surface area contributed by atoms with Crippen LogP contribution in [0.2, 0.25) is 0 Å². The van der Waals surface area contributed by atoms with E-state index in [4.69, 9.17) is 4.74 Å². The van der Waals surface area contributed by atoms with Gasteiger partial charge in [-0.2, -0.15) is 0 Å². The van der Waals surface area contributed by atoms with Crippen molar-refractivity contribution in [3.63, 3.8) is 0 Å². The summed E-state index contributed by atoms with van der Waals surface area (Å²) in [7, 11) is 0. The van der Waals surface area contributed by atoms with E-state index in [0.717, 1.165) is 36.9 Å². The van der Waals surface area contributed by atoms with Crippen LogP contribution in [0.25, 0.3) is 0 Å². The van der Waals surface area contributed by atoms with E-state index in [-0.39, 0.29) is 25.1 Å². The van der Waals surface area contributed by atoms with Crippen molar-refractivity contribution in [2.75, 3.05) is 11.9 Å². The second-order valence-electron chi connectivity index (χ2n) is 10.7. The van der Waals surface area contributed by atoms with Crippen LogP contribution >= 0.6 is 0 Å². The molecule has 1 saturated heterocycles. The van der Waals surface area contributed by atoms with Gasteiger partial charge < -0.3 is 30.3 Å². The molecule has 1 saturated carbocycles. The summed E-state index contributed by atoms with van der Waals surface area (Å²) in [5.41, 5.74) is 0.967. The molecule has 3 N–H and O–H groups in total. The first-order valence-electron chi connectivity index (χ1n) is 12.2. The normalized spacial score (nSPS) is 23.5.